The average molecular weight is 634 g/mol. The summed E-state index contributed by atoms with van der Waals surface area (Å²) in [4.78, 5) is 41.6. The lowest BCUT2D eigenvalue weighted by atomic mass is 9.87. The van der Waals surface area contributed by atoms with E-state index in [9.17, 15) is 22.8 Å². The maximum atomic E-state index is 13.8. The third-order valence-electron chi connectivity index (χ3n) is 8.91. The van der Waals surface area contributed by atoms with E-state index in [-0.39, 0.29) is 59.4 Å². The minimum Gasteiger partial charge on any atom is -0.444 e. The normalized spacial score (nSPS) is 18.4. The first-order chi connectivity index (χ1) is 21.8. The number of allylic oxidation sites excluding steroid dienone is 1. The summed E-state index contributed by atoms with van der Waals surface area (Å²) in [5.74, 6) is -1.33. The van der Waals surface area contributed by atoms with Crippen molar-refractivity contribution in [2.45, 2.75) is 82.7 Å². The van der Waals surface area contributed by atoms with Crippen molar-refractivity contribution >= 4 is 28.8 Å². The van der Waals surface area contributed by atoms with Gasteiger partial charge in [-0.3, -0.25) is 4.79 Å². The van der Waals surface area contributed by atoms with Crippen molar-refractivity contribution in [3.8, 4) is 5.82 Å². The van der Waals surface area contributed by atoms with Gasteiger partial charge in [0.1, 0.15) is 11.0 Å². The number of amides is 1. The highest BCUT2D eigenvalue weighted by atomic mass is 19.4. The lowest BCUT2D eigenvalue weighted by Gasteiger charge is -2.36. The maximum absolute atomic E-state index is 13.8. The molecule has 1 amide bonds. The van der Waals surface area contributed by atoms with Gasteiger partial charge in [-0.25, -0.2) is 24.1 Å². The highest BCUT2D eigenvalue weighted by molar-refractivity contribution is 5.77. The van der Waals surface area contributed by atoms with Crippen LogP contribution in [0.3, 0.4) is 0 Å². The number of pyridine rings is 1. The molecule has 1 aliphatic heterocycles. The van der Waals surface area contributed by atoms with Crippen LogP contribution in [0.2, 0.25) is 0 Å². The van der Waals surface area contributed by atoms with E-state index in [1.807, 2.05) is 32.9 Å². The van der Waals surface area contributed by atoms with Crippen LogP contribution in [0.1, 0.15) is 68.3 Å². The molecular formula is C33H34F3N7O3. The molecule has 1 saturated carbocycles. The van der Waals surface area contributed by atoms with Crippen LogP contribution in [0.15, 0.2) is 54.0 Å². The SMILES string of the molecule is C=CCn1c(=O)c2cnc(Nc3ccc4c(c3)CN(C(=O)OC(C)(C)C)CC43CC3)nc2n1-c1ccc2c(n1)C(C(F)(F)F)CC2. The Labute approximate surface area is 262 Å². The topological polar surface area (TPSA) is 107 Å². The first-order valence-corrected chi connectivity index (χ1v) is 15.3. The van der Waals surface area contributed by atoms with Gasteiger partial charge in [0.05, 0.1) is 18.2 Å². The van der Waals surface area contributed by atoms with E-state index in [1.165, 1.54) is 27.2 Å². The molecule has 4 aromatic rings. The second-order valence-corrected chi connectivity index (χ2v) is 13.4. The van der Waals surface area contributed by atoms with E-state index in [1.54, 1.807) is 17.0 Å². The largest absolute Gasteiger partial charge is 0.444 e. The smallest absolute Gasteiger partial charge is 0.410 e. The second kappa shape index (κ2) is 10.4. The Morgan fingerprint density at radius 3 is 2.63 bits per heavy atom. The quantitative estimate of drug-likeness (QED) is 0.258. The lowest BCUT2D eigenvalue weighted by molar-refractivity contribution is -0.150. The molecule has 3 aromatic heterocycles. The minimum absolute atomic E-state index is 0.0280. The van der Waals surface area contributed by atoms with Gasteiger partial charge in [0.25, 0.3) is 5.56 Å². The van der Waals surface area contributed by atoms with Crippen molar-refractivity contribution < 1.29 is 22.7 Å². The number of benzene rings is 1. The van der Waals surface area contributed by atoms with Crippen LogP contribution in [0.5, 0.6) is 0 Å². The van der Waals surface area contributed by atoms with Crippen molar-refractivity contribution in [1.29, 1.82) is 0 Å². The molecule has 10 nitrogen and oxygen atoms in total. The Morgan fingerprint density at radius 2 is 1.93 bits per heavy atom. The first-order valence-electron chi connectivity index (χ1n) is 15.3. The molecule has 3 aliphatic rings. The summed E-state index contributed by atoms with van der Waals surface area (Å²) >= 11 is 0. The number of ether oxygens (including phenoxy) is 1. The summed E-state index contributed by atoms with van der Waals surface area (Å²) in [6, 6.07) is 9.22. The van der Waals surface area contributed by atoms with E-state index in [2.05, 4.69) is 32.9 Å². The number of hydrogen-bond donors (Lipinski definition) is 1. The number of fused-ring (bicyclic) bond motifs is 4. The number of aromatic nitrogens is 5. The molecule has 2 aliphatic carbocycles. The summed E-state index contributed by atoms with van der Waals surface area (Å²) in [6.07, 6.45) is 0.360. The molecule has 1 fully saturated rings. The molecule has 0 saturated heterocycles. The zero-order valence-electron chi connectivity index (χ0n) is 25.8. The summed E-state index contributed by atoms with van der Waals surface area (Å²) in [6.45, 7) is 10.4. The third kappa shape index (κ3) is 5.21. The van der Waals surface area contributed by atoms with Crippen molar-refractivity contribution in [3.63, 3.8) is 0 Å². The Hall–Kier alpha value is -4.68. The minimum atomic E-state index is -4.42. The number of nitrogens with zero attached hydrogens (tertiary/aromatic N) is 6. The Morgan fingerprint density at radius 1 is 1.15 bits per heavy atom. The van der Waals surface area contributed by atoms with Gasteiger partial charge >= 0.3 is 12.3 Å². The zero-order valence-corrected chi connectivity index (χ0v) is 25.8. The van der Waals surface area contributed by atoms with Gasteiger partial charge < -0.3 is 15.0 Å². The fraction of sp³-hybridized carbons (Fsp3) is 0.424. The highest BCUT2D eigenvalue weighted by Crippen LogP contribution is 2.53. The summed E-state index contributed by atoms with van der Waals surface area (Å²) in [7, 11) is 0. The Kier molecular flexibility index (Phi) is 6.80. The number of nitrogens with one attached hydrogen (secondary N) is 1. The maximum Gasteiger partial charge on any atom is 0.410 e. The molecule has 240 valence electrons. The third-order valence-corrected chi connectivity index (χ3v) is 8.91. The fourth-order valence-corrected chi connectivity index (χ4v) is 6.68. The Bertz CT molecular complexity index is 1950. The number of anilines is 2. The molecule has 7 rings (SSSR count). The van der Waals surface area contributed by atoms with Crippen LogP contribution >= 0.6 is 0 Å². The van der Waals surface area contributed by atoms with E-state index < -0.39 is 23.3 Å². The van der Waals surface area contributed by atoms with Crippen molar-refractivity contribution in [3.05, 3.63) is 81.9 Å². The van der Waals surface area contributed by atoms with Gasteiger partial charge in [-0.1, -0.05) is 18.2 Å². The zero-order chi connectivity index (χ0) is 32.6. The van der Waals surface area contributed by atoms with Crippen LogP contribution < -0.4 is 10.9 Å². The van der Waals surface area contributed by atoms with E-state index in [0.29, 0.717) is 24.3 Å². The van der Waals surface area contributed by atoms with Crippen LogP contribution in [-0.4, -0.2) is 53.6 Å². The molecular weight excluding hydrogens is 599 g/mol. The molecule has 1 spiro atoms. The number of hydrogen-bond acceptors (Lipinski definition) is 7. The number of halogens is 3. The molecule has 1 atom stereocenters. The van der Waals surface area contributed by atoms with E-state index in [4.69, 9.17) is 4.74 Å². The molecule has 1 aromatic carbocycles. The van der Waals surface area contributed by atoms with Crippen molar-refractivity contribution in [2.24, 2.45) is 0 Å². The van der Waals surface area contributed by atoms with Crippen LogP contribution in [0.4, 0.5) is 29.6 Å². The highest BCUT2D eigenvalue weighted by Gasteiger charge is 2.50. The average Bonchev–Trinajstić information content (AvgIpc) is 3.50. The molecule has 0 bridgehead atoms. The number of alkyl halides is 3. The van der Waals surface area contributed by atoms with Crippen molar-refractivity contribution in [1.82, 2.24) is 29.2 Å². The van der Waals surface area contributed by atoms with Gasteiger partial charge in [-0.2, -0.15) is 18.2 Å². The van der Waals surface area contributed by atoms with E-state index >= 15 is 0 Å². The standard InChI is InChI=1S/C33H34F3N7O3/c1-5-14-42-28(44)22-16-37-29(40-27(22)43(42)25-11-7-19-6-9-24(26(19)39-25)33(34,35)36)38-21-8-10-23-20(15-21)17-41(18-32(23)12-13-32)30(45)46-31(2,3)4/h5,7-8,10-11,15-16,24H,1,6,9,12-14,17-18H2,2-4H3,(H,37,38,40). The van der Waals surface area contributed by atoms with Crippen molar-refractivity contribution in [2.75, 3.05) is 11.9 Å². The monoisotopic (exact) mass is 633 g/mol. The molecule has 1 unspecified atom stereocenters. The van der Waals surface area contributed by atoms with Gasteiger partial charge in [-0.05, 0) is 81.3 Å². The molecule has 0 radical (unpaired) electrons. The first kappa shape index (κ1) is 30.0. The van der Waals surface area contributed by atoms with Gasteiger partial charge in [-0.15, -0.1) is 6.58 Å². The second-order valence-electron chi connectivity index (χ2n) is 13.4. The predicted octanol–water partition coefficient (Wildman–Crippen LogP) is 6.28. The summed E-state index contributed by atoms with van der Waals surface area (Å²) in [5, 5.41) is 3.40. The van der Waals surface area contributed by atoms with Crippen LogP contribution in [0, 0.1) is 0 Å². The lowest BCUT2D eigenvalue weighted by Crippen LogP contribution is -2.44. The predicted molar refractivity (Wildman–Crippen MR) is 166 cm³/mol. The molecule has 13 heteroatoms. The van der Waals surface area contributed by atoms with Gasteiger partial charge in [0, 0.05) is 30.4 Å². The number of rotatable bonds is 5. The fourth-order valence-electron chi connectivity index (χ4n) is 6.68. The van der Waals surface area contributed by atoms with E-state index in [0.717, 1.165) is 18.4 Å². The van der Waals surface area contributed by atoms with Gasteiger partial charge in [0.2, 0.25) is 5.95 Å². The van der Waals surface area contributed by atoms with Crippen LogP contribution in [0.25, 0.3) is 16.9 Å². The van der Waals surface area contributed by atoms with Gasteiger partial charge in [0.15, 0.2) is 11.5 Å². The van der Waals surface area contributed by atoms with Crippen LogP contribution in [-0.2, 0) is 29.7 Å². The number of carbonyl (C=O) groups is 1. The number of carbonyl (C=O) groups excluding carboxylic acids is 1. The summed E-state index contributed by atoms with van der Waals surface area (Å²) in [5.41, 5.74) is 2.52. The number of aryl methyl sites for hydroxylation is 1. The Balaban J connectivity index is 1.24. The molecule has 1 N–H and O–H groups in total. The molecule has 46 heavy (non-hydrogen) atoms. The molecule has 4 heterocycles. The summed E-state index contributed by atoms with van der Waals surface area (Å²) < 4.78 is 49.8.